The predicted octanol–water partition coefficient (Wildman–Crippen LogP) is 3.23. The Morgan fingerprint density at radius 2 is 1.45 bits per heavy atom. The van der Waals surface area contributed by atoms with Crippen LogP contribution in [0.5, 0.6) is 17.2 Å². The third-order valence-electron chi connectivity index (χ3n) is 3.31. The zero-order valence-corrected chi connectivity index (χ0v) is 12.4. The van der Waals surface area contributed by atoms with E-state index in [0.29, 0.717) is 18.1 Å². The van der Waals surface area contributed by atoms with E-state index in [0.717, 1.165) is 22.3 Å². The fourth-order valence-corrected chi connectivity index (χ4v) is 2.13. The van der Waals surface area contributed by atoms with Crippen molar-refractivity contribution in [1.82, 2.24) is 9.97 Å². The van der Waals surface area contributed by atoms with Crippen molar-refractivity contribution in [1.29, 1.82) is 0 Å². The van der Waals surface area contributed by atoms with E-state index < -0.39 is 0 Å². The van der Waals surface area contributed by atoms with E-state index in [1.54, 1.807) is 26.6 Å². The molecular weight excluding hydrogens is 280 g/mol. The number of hydrogen-bond acceptors (Lipinski definition) is 5. The van der Waals surface area contributed by atoms with Crippen LogP contribution >= 0.6 is 0 Å². The van der Waals surface area contributed by atoms with Gasteiger partial charge in [-0.3, -0.25) is 9.97 Å². The van der Waals surface area contributed by atoms with Gasteiger partial charge in [-0.2, -0.15) is 0 Å². The highest BCUT2D eigenvalue weighted by molar-refractivity contribution is 5.78. The summed E-state index contributed by atoms with van der Waals surface area (Å²) in [6.45, 7) is 0.437. The second-order valence-corrected chi connectivity index (χ2v) is 4.68. The number of benzene rings is 2. The molecule has 5 heteroatoms. The molecule has 0 aliphatic carbocycles. The van der Waals surface area contributed by atoms with Gasteiger partial charge in [0.2, 0.25) is 0 Å². The highest BCUT2D eigenvalue weighted by Crippen LogP contribution is 2.31. The molecule has 2 aromatic carbocycles. The van der Waals surface area contributed by atoms with Crippen LogP contribution in [0.1, 0.15) is 5.56 Å². The predicted molar refractivity (Wildman–Crippen MR) is 83.4 cm³/mol. The molecule has 0 radical (unpaired) electrons. The summed E-state index contributed by atoms with van der Waals surface area (Å²) in [5.74, 6) is 2.11. The van der Waals surface area contributed by atoms with Gasteiger partial charge in [-0.1, -0.05) is 12.1 Å². The number of hydrogen-bond donors (Lipinski definition) is 0. The second-order valence-electron chi connectivity index (χ2n) is 4.68. The lowest BCUT2D eigenvalue weighted by molar-refractivity contribution is 0.285. The maximum absolute atomic E-state index is 5.86. The van der Waals surface area contributed by atoms with Crippen molar-refractivity contribution in [3.8, 4) is 17.2 Å². The Kier molecular flexibility index (Phi) is 4.05. The molecule has 0 fully saturated rings. The summed E-state index contributed by atoms with van der Waals surface area (Å²) in [6, 6.07) is 11.4. The van der Waals surface area contributed by atoms with Gasteiger partial charge < -0.3 is 14.2 Å². The molecule has 1 heterocycles. The molecule has 112 valence electrons. The van der Waals surface area contributed by atoms with Crippen molar-refractivity contribution < 1.29 is 14.2 Å². The van der Waals surface area contributed by atoms with E-state index in [2.05, 4.69) is 9.97 Å². The summed E-state index contributed by atoms with van der Waals surface area (Å²) in [5.41, 5.74) is 2.59. The van der Waals surface area contributed by atoms with Gasteiger partial charge in [-0.05, 0) is 17.7 Å². The van der Waals surface area contributed by atoms with Crippen LogP contribution in [0.2, 0.25) is 0 Å². The van der Waals surface area contributed by atoms with Gasteiger partial charge in [0.25, 0.3) is 0 Å². The Hall–Kier alpha value is -2.82. The monoisotopic (exact) mass is 296 g/mol. The lowest BCUT2D eigenvalue weighted by Crippen LogP contribution is -1.98. The first-order chi connectivity index (χ1) is 10.8. The molecule has 1 aromatic heterocycles. The number of nitrogens with zero attached hydrogens (tertiary/aromatic N) is 2. The largest absolute Gasteiger partial charge is 0.497 e. The molecule has 0 bridgehead atoms. The molecule has 5 nitrogen and oxygen atoms in total. The molecular formula is C17H16N2O3. The fraction of sp³-hybridized carbons (Fsp3) is 0.176. The number of aromatic nitrogens is 2. The Balaban J connectivity index is 1.82. The summed E-state index contributed by atoms with van der Waals surface area (Å²) in [7, 11) is 3.25. The van der Waals surface area contributed by atoms with Crippen LogP contribution < -0.4 is 14.2 Å². The highest BCUT2D eigenvalue weighted by Gasteiger charge is 2.08. The second kappa shape index (κ2) is 6.30. The highest BCUT2D eigenvalue weighted by atomic mass is 16.5. The first kappa shape index (κ1) is 14.1. The van der Waals surface area contributed by atoms with Crippen molar-refractivity contribution in [2.45, 2.75) is 6.61 Å². The molecule has 0 aliphatic rings. The van der Waals surface area contributed by atoms with Gasteiger partial charge in [0.05, 0.1) is 25.3 Å². The minimum atomic E-state index is 0.437. The molecule has 0 unspecified atom stereocenters. The van der Waals surface area contributed by atoms with Gasteiger partial charge in [0.15, 0.2) is 11.5 Å². The van der Waals surface area contributed by atoms with E-state index in [9.17, 15) is 0 Å². The average molecular weight is 296 g/mol. The topological polar surface area (TPSA) is 53.5 Å². The molecule has 0 aliphatic heterocycles. The van der Waals surface area contributed by atoms with E-state index in [-0.39, 0.29) is 0 Å². The normalized spacial score (nSPS) is 10.5. The number of ether oxygens (including phenoxy) is 3. The SMILES string of the molecule is COc1ccc(COc2cc3nccnc3cc2OC)cc1. The van der Waals surface area contributed by atoms with Gasteiger partial charge in [0.1, 0.15) is 12.4 Å². The van der Waals surface area contributed by atoms with Crippen LogP contribution in [0.3, 0.4) is 0 Å². The quantitative estimate of drug-likeness (QED) is 0.723. The summed E-state index contributed by atoms with van der Waals surface area (Å²) >= 11 is 0. The maximum Gasteiger partial charge on any atom is 0.163 e. The standard InChI is InChI=1S/C17H16N2O3/c1-20-13-5-3-12(4-6-13)11-22-17-10-15-14(9-16(17)21-2)18-7-8-19-15/h3-10H,11H2,1-2H3. The molecule has 3 rings (SSSR count). The van der Waals surface area contributed by atoms with E-state index in [4.69, 9.17) is 14.2 Å². The van der Waals surface area contributed by atoms with Crippen molar-refractivity contribution in [2.24, 2.45) is 0 Å². The third kappa shape index (κ3) is 2.93. The molecule has 22 heavy (non-hydrogen) atoms. The van der Waals surface area contributed by atoms with Crippen molar-refractivity contribution in [3.05, 3.63) is 54.4 Å². The molecule has 0 saturated carbocycles. The lowest BCUT2D eigenvalue weighted by atomic mass is 10.2. The Morgan fingerprint density at radius 1 is 0.818 bits per heavy atom. The maximum atomic E-state index is 5.86. The summed E-state index contributed by atoms with van der Waals surface area (Å²) in [5, 5.41) is 0. The average Bonchev–Trinajstić information content (AvgIpc) is 2.59. The first-order valence-electron chi connectivity index (χ1n) is 6.84. The van der Waals surface area contributed by atoms with Crippen molar-refractivity contribution >= 4 is 11.0 Å². The number of methoxy groups -OCH3 is 2. The van der Waals surface area contributed by atoms with Gasteiger partial charge in [-0.15, -0.1) is 0 Å². The molecule has 0 atom stereocenters. The Labute approximate surface area is 128 Å². The van der Waals surface area contributed by atoms with Gasteiger partial charge in [0, 0.05) is 24.5 Å². The molecule has 3 aromatic rings. The molecule has 0 amide bonds. The fourth-order valence-electron chi connectivity index (χ4n) is 2.13. The smallest absolute Gasteiger partial charge is 0.163 e. The summed E-state index contributed by atoms with van der Waals surface area (Å²) < 4.78 is 16.4. The van der Waals surface area contributed by atoms with Crippen LogP contribution in [0.15, 0.2) is 48.8 Å². The Morgan fingerprint density at radius 3 is 2.05 bits per heavy atom. The first-order valence-corrected chi connectivity index (χ1v) is 6.84. The molecule has 0 spiro atoms. The van der Waals surface area contributed by atoms with E-state index in [1.165, 1.54) is 0 Å². The van der Waals surface area contributed by atoms with E-state index >= 15 is 0 Å². The van der Waals surface area contributed by atoms with Crippen molar-refractivity contribution in [3.63, 3.8) is 0 Å². The number of fused-ring (bicyclic) bond motifs is 1. The van der Waals surface area contributed by atoms with Crippen LogP contribution in [0, 0.1) is 0 Å². The van der Waals surface area contributed by atoms with Crippen LogP contribution in [0.4, 0.5) is 0 Å². The Bertz CT molecular complexity index is 772. The number of rotatable bonds is 5. The zero-order valence-electron chi connectivity index (χ0n) is 12.4. The third-order valence-corrected chi connectivity index (χ3v) is 3.31. The van der Waals surface area contributed by atoms with Crippen LogP contribution in [-0.4, -0.2) is 24.2 Å². The van der Waals surface area contributed by atoms with Gasteiger partial charge >= 0.3 is 0 Å². The minimum absolute atomic E-state index is 0.437. The van der Waals surface area contributed by atoms with Crippen molar-refractivity contribution in [2.75, 3.05) is 14.2 Å². The van der Waals surface area contributed by atoms with Crippen LogP contribution in [0.25, 0.3) is 11.0 Å². The lowest BCUT2D eigenvalue weighted by Gasteiger charge is -2.11. The zero-order chi connectivity index (χ0) is 15.4. The molecule has 0 N–H and O–H groups in total. The van der Waals surface area contributed by atoms with Gasteiger partial charge in [-0.25, -0.2) is 0 Å². The molecule has 0 saturated heterocycles. The summed E-state index contributed by atoms with van der Waals surface area (Å²) in [6.07, 6.45) is 3.31. The minimum Gasteiger partial charge on any atom is -0.497 e. The van der Waals surface area contributed by atoms with Crippen LogP contribution in [-0.2, 0) is 6.61 Å². The summed E-state index contributed by atoms with van der Waals surface area (Å²) in [4.78, 5) is 8.54. The van der Waals surface area contributed by atoms with E-state index in [1.807, 2.05) is 36.4 Å².